The Bertz CT molecular complexity index is 504. The van der Waals surface area contributed by atoms with Crippen LogP contribution in [0.4, 0.5) is 0 Å². The van der Waals surface area contributed by atoms with Gasteiger partial charge in [0.2, 0.25) is 0 Å². The molecule has 0 aliphatic heterocycles. The van der Waals surface area contributed by atoms with E-state index in [9.17, 15) is 0 Å². The molecule has 0 N–H and O–H groups in total. The quantitative estimate of drug-likeness (QED) is 0.443. The Morgan fingerprint density at radius 3 is 2.04 bits per heavy atom. The zero-order chi connectivity index (χ0) is 18.7. The molecule has 0 spiro atoms. The van der Waals surface area contributed by atoms with Crippen molar-refractivity contribution in [2.75, 3.05) is 20.6 Å². The molecule has 0 bridgehead atoms. The molecule has 143 valence electrons. The zero-order valence-corrected chi connectivity index (χ0v) is 19.8. The number of rotatable bonds is 7. The van der Waals surface area contributed by atoms with Crippen LogP contribution in [0.1, 0.15) is 66.2 Å². The molecule has 0 radical (unpaired) electrons. The van der Waals surface area contributed by atoms with Crippen LogP contribution in [-0.4, -0.2) is 25.5 Å². The first-order chi connectivity index (χ1) is 11.8. The molecule has 0 saturated heterocycles. The Morgan fingerprint density at radius 1 is 1.00 bits per heavy atom. The number of hydrogen-bond acceptors (Lipinski definition) is 1. The van der Waals surface area contributed by atoms with Crippen molar-refractivity contribution in [3.05, 3.63) is 20.6 Å². The molecule has 25 heavy (non-hydrogen) atoms. The van der Waals surface area contributed by atoms with Crippen LogP contribution >= 0.6 is 0 Å². The predicted molar refractivity (Wildman–Crippen MR) is 109 cm³/mol. The van der Waals surface area contributed by atoms with E-state index in [2.05, 4.69) is 57.1 Å². The van der Waals surface area contributed by atoms with Gasteiger partial charge in [0.25, 0.3) is 0 Å². The summed E-state index contributed by atoms with van der Waals surface area (Å²) in [6, 6.07) is 0. The molecule has 2 rings (SSSR count). The van der Waals surface area contributed by atoms with Crippen molar-refractivity contribution in [3.63, 3.8) is 0 Å². The van der Waals surface area contributed by atoms with E-state index < -0.39 is 17.9 Å². The molecule has 0 aromatic heterocycles. The molecule has 2 aliphatic carbocycles. The summed E-state index contributed by atoms with van der Waals surface area (Å²) in [5.41, 5.74) is 5.61. The average Bonchev–Trinajstić information content (AvgIpc) is 2.89. The maximum absolute atomic E-state index is 2.60. The van der Waals surface area contributed by atoms with Crippen LogP contribution in [0.25, 0.3) is 0 Å². The molecule has 1 atom stereocenters. The fourth-order valence-electron chi connectivity index (χ4n) is 5.31. The molecular weight excluding hydrogens is 338 g/mol. The maximum atomic E-state index is 2.60. The fraction of sp³-hybridized carbons (Fsp3) is 0.826. The molecule has 0 heterocycles. The summed E-state index contributed by atoms with van der Waals surface area (Å²) in [6.45, 7) is 11.1. The normalized spacial score (nSPS) is 22.9. The topological polar surface area (TPSA) is 3.24 Å². The van der Waals surface area contributed by atoms with Crippen LogP contribution in [0, 0.1) is 23.7 Å². The minimum absolute atomic E-state index is 0.692. The van der Waals surface area contributed by atoms with Gasteiger partial charge in [0.05, 0.1) is 0 Å². The van der Waals surface area contributed by atoms with E-state index in [0.29, 0.717) is 5.92 Å². The average molecular weight is 380 g/mol. The SMILES string of the molecule is CC(C)C1=C(CCN(C)C)C(C(C)C)C(C2CCCCC2)=[C]1[Ti]([CH3])[CH3]. The van der Waals surface area contributed by atoms with Crippen LogP contribution in [-0.2, 0) is 17.9 Å². The van der Waals surface area contributed by atoms with Gasteiger partial charge in [0.1, 0.15) is 0 Å². The Balaban J connectivity index is 2.53. The molecule has 1 unspecified atom stereocenters. The van der Waals surface area contributed by atoms with Crippen molar-refractivity contribution in [2.45, 2.75) is 76.7 Å². The van der Waals surface area contributed by atoms with Crippen LogP contribution < -0.4 is 0 Å². The van der Waals surface area contributed by atoms with E-state index in [1.165, 1.54) is 45.1 Å². The molecule has 1 saturated carbocycles. The summed E-state index contributed by atoms with van der Waals surface area (Å²) < 4.78 is 1.94. The van der Waals surface area contributed by atoms with Gasteiger partial charge < -0.3 is 0 Å². The third-order valence-electron chi connectivity index (χ3n) is 6.23. The van der Waals surface area contributed by atoms with E-state index in [1.54, 1.807) is 0 Å². The summed E-state index contributed by atoms with van der Waals surface area (Å²) >= 11 is -1.12. The Morgan fingerprint density at radius 2 is 1.60 bits per heavy atom. The van der Waals surface area contributed by atoms with Gasteiger partial charge in [-0.15, -0.1) is 0 Å². The van der Waals surface area contributed by atoms with E-state index in [0.717, 1.165) is 17.8 Å². The minimum atomic E-state index is -1.12. The summed E-state index contributed by atoms with van der Waals surface area (Å²) in [5.74, 6) is 3.08. The van der Waals surface area contributed by atoms with Crippen molar-refractivity contribution in [1.82, 2.24) is 4.90 Å². The summed E-state index contributed by atoms with van der Waals surface area (Å²) in [7, 11) is 4.45. The van der Waals surface area contributed by atoms with Crippen LogP contribution in [0.15, 0.2) is 20.6 Å². The first kappa shape index (κ1) is 21.5. The van der Waals surface area contributed by atoms with Crippen molar-refractivity contribution in [1.29, 1.82) is 0 Å². The van der Waals surface area contributed by atoms with Crippen molar-refractivity contribution in [3.8, 4) is 0 Å². The summed E-state index contributed by atoms with van der Waals surface area (Å²) in [4.78, 5) is 2.37. The fourth-order valence-corrected chi connectivity index (χ4v) is 8.32. The summed E-state index contributed by atoms with van der Waals surface area (Å²) in [6.07, 6.45) is 8.57. The van der Waals surface area contributed by atoms with Gasteiger partial charge >= 0.3 is 164 Å². The Hall–Kier alpha value is 0.154. The molecule has 0 aromatic rings. The van der Waals surface area contributed by atoms with Gasteiger partial charge in [-0.05, 0) is 0 Å². The predicted octanol–water partition coefficient (Wildman–Crippen LogP) is 6.73. The third kappa shape index (κ3) is 4.91. The number of allylic oxidation sites excluding steroid dienone is 3. The van der Waals surface area contributed by atoms with E-state index in [-0.39, 0.29) is 0 Å². The molecule has 0 aromatic carbocycles. The number of nitrogens with zero attached hydrogens (tertiary/aromatic N) is 1. The second-order valence-electron chi connectivity index (χ2n) is 9.53. The van der Waals surface area contributed by atoms with E-state index >= 15 is 0 Å². The van der Waals surface area contributed by atoms with E-state index in [1.807, 2.05) is 20.6 Å². The second-order valence-corrected chi connectivity index (χ2v) is 13.4. The molecule has 1 nitrogen and oxygen atoms in total. The van der Waals surface area contributed by atoms with Crippen LogP contribution in [0.5, 0.6) is 0 Å². The van der Waals surface area contributed by atoms with Gasteiger partial charge in [0.15, 0.2) is 0 Å². The first-order valence-corrected chi connectivity index (χ1v) is 14.6. The van der Waals surface area contributed by atoms with Crippen LogP contribution in [0.3, 0.4) is 0 Å². The van der Waals surface area contributed by atoms with Gasteiger partial charge in [-0.25, -0.2) is 0 Å². The molecule has 2 heteroatoms. The van der Waals surface area contributed by atoms with Crippen molar-refractivity contribution >= 4 is 0 Å². The molecule has 0 amide bonds. The standard InChI is InChI=1S/C21H36N.2CH3.Ti/c1-15(2)19-14-20(17-10-8-7-9-11-17)21(16(3)4)18(19)12-13-22(5)6;;;/h15-17,21H,7-13H2,1-6H3;2*1H3;. The molecule has 2 aliphatic rings. The Labute approximate surface area is 164 Å². The van der Waals surface area contributed by atoms with Gasteiger partial charge in [0, 0.05) is 0 Å². The van der Waals surface area contributed by atoms with Crippen molar-refractivity contribution in [2.24, 2.45) is 23.7 Å². The Kier molecular flexibility index (Phi) is 8.05. The van der Waals surface area contributed by atoms with Crippen LogP contribution in [0.2, 0.25) is 10.5 Å². The number of hydrogen-bond donors (Lipinski definition) is 0. The third-order valence-corrected chi connectivity index (χ3v) is 8.66. The second kappa shape index (κ2) is 9.38. The monoisotopic (exact) mass is 380 g/mol. The molecular formula is C23H42NTi. The van der Waals surface area contributed by atoms with E-state index in [4.69, 9.17) is 0 Å². The zero-order valence-electron chi connectivity index (χ0n) is 18.2. The first-order valence-electron chi connectivity index (χ1n) is 10.7. The van der Waals surface area contributed by atoms with Crippen molar-refractivity contribution < 1.29 is 17.9 Å². The van der Waals surface area contributed by atoms with Gasteiger partial charge in [-0.2, -0.15) is 0 Å². The summed E-state index contributed by atoms with van der Waals surface area (Å²) in [5, 5.41) is 5.21. The van der Waals surface area contributed by atoms with Gasteiger partial charge in [-0.3, -0.25) is 0 Å². The molecule has 1 fully saturated rings. The van der Waals surface area contributed by atoms with Gasteiger partial charge in [-0.1, -0.05) is 0 Å².